The van der Waals surface area contributed by atoms with Crippen LogP contribution in [0.1, 0.15) is 0 Å². The highest BCUT2D eigenvalue weighted by molar-refractivity contribution is 6.42. The van der Waals surface area contributed by atoms with Gasteiger partial charge in [-0.2, -0.15) is 0 Å². The molecule has 0 saturated carbocycles. The number of hydrogen-bond donors (Lipinski definition) is 0. The second-order valence-corrected chi connectivity index (χ2v) is 4.00. The first-order valence-corrected chi connectivity index (χ1v) is 5.24. The van der Waals surface area contributed by atoms with Crippen LogP contribution in [0.15, 0.2) is 30.6 Å². The highest BCUT2D eigenvalue weighted by atomic mass is 35.5. The Kier molecular flexibility index (Phi) is 3.10. The first-order chi connectivity index (χ1) is 7.18. The van der Waals surface area contributed by atoms with E-state index < -0.39 is 0 Å². The molecular weight excluding hydrogens is 254 g/mol. The van der Waals surface area contributed by atoms with Crippen molar-refractivity contribution in [2.75, 3.05) is 0 Å². The van der Waals surface area contributed by atoms with Crippen LogP contribution in [-0.4, -0.2) is 9.97 Å². The Morgan fingerprint density at radius 3 is 2.27 bits per heavy atom. The smallest absolute Gasteiger partial charge is 0.155 e. The van der Waals surface area contributed by atoms with Crippen molar-refractivity contribution in [2.45, 2.75) is 0 Å². The number of hydrogen-bond acceptors (Lipinski definition) is 2. The molecule has 2 rings (SSSR count). The fourth-order valence-electron chi connectivity index (χ4n) is 1.16. The summed E-state index contributed by atoms with van der Waals surface area (Å²) in [7, 11) is 0. The molecule has 1 aromatic carbocycles. The summed E-state index contributed by atoms with van der Waals surface area (Å²) in [5.74, 6) is 0. The molecule has 0 N–H and O–H groups in total. The van der Waals surface area contributed by atoms with Crippen LogP contribution in [0.4, 0.5) is 0 Å². The molecule has 0 atom stereocenters. The van der Waals surface area contributed by atoms with Crippen LogP contribution in [-0.2, 0) is 0 Å². The third kappa shape index (κ3) is 2.23. The van der Waals surface area contributed by atoms with E-state index in [4.69, 9.17) is 34.8 Å². The van der Waals surface area contributed by atoms with Crippen LogP contribution >= 0.6 is 34.8 Å². The zero-order chi connectivity index (χ0) is 10.8. The Bertz CT molecular complexity index is 500. The van der Waals surface area contributed by atoms with Gasteiger partial charge in [0.05, 0.1) is 10.0 Å². The summed E-state index contributed by atoms with van der Waals surface area (Å²) in [5, 5.41) is 1.31. The molecule has 0 amide bonds. The van der Waals surface area contributed by atoms with Crippen molar-refractivity contribution in [2.24, 2.45) is 0 Å². The fourth-order valence-corrected chi connectivity index (χ4v) is 1.67. The standard InChI is InChI=1S/C10H5Cl3N2/c11-7-2-1-6(5-8(7)12)9-10(13)15-4-3-14-9/h1-5H. The Labute approximate surface area is 102 Å². The molecule has 2 aromatic rings. The molecule has 0 saturated heterocycles. The zero-order valence-electron chi connectivity index (χ0n) is 7.42. The Morgan fingerprint density at radius 2 is 1.60 bits per heavy atom. The van der Waals surface area contributed by atoms with Gasteiger partial charge < -0.3 is 0 Å². The van der Waals surface area contributed by atoms with Crippen molar-refractivity contribution in [1.29, 1.82) is 0 Å². The molecule has 0 spiro atoms. The highest BCUT2D eigenvalue weighted by Crippen LogP contribution is 2.29. The lowest BCUT2D eigenvalue weighted by molar-refractivity contribution is 1.21. The first kappa shape index (κ1) is 10.7. The molecule has 76 valence electrons. The van der Waals surface area contributed by atoms with Gasteiger partial charge in [-0.3, -0.25) is 4.98 Å². The van der Waals surface area contributed by atoms with Gasteiger partial charge in [-0.25, -0.2) is 4.98 Å². The molecule has 2 nitrogen and oxygen atoms in total. The predicted octanol–water partition coefficient (Wildman–Crippen LogP) is 4.10. The molecule has 0 aliphatic heterocycles. The summed E-state index contributed by atoms with van der Waals surface area (Å²) >= 11 is 17.6. The minimum atomic E-state index is 0.343. The van der Waals surface area contributed by atoms with Gasteiger partial charge in [-0.1, -0.05) is 40.9 Å². The second kappa shape index (κ2) is 4.35. The number of aromatic nitrogens is 2. The fraction of sp³-hybridized carbons (Fsp3) is 0. The van der Waals surface area contributed by atoms with E-state index in [-0.39, 0.29) is 0 Å². The SMILES string of the molecule is Clc1ccc(-c2nccnc2Cl)cc1Cl. The predicted molar refractivity (Wildman–Crippen MR) is 62.5 cm³/mol. The molecule has 0 bridgehead atoms. The number of benzene rings is 1. The van der Waals surface area contributed by atoms with Crippen LogP contribution in [0.25, 0.3) is 11.3 Å². The van der Waals surface area contributed by atoms with Gasteiger partial charge in [0, 0.05) is 18.0 Å². The van der Waals surface area contributed by atoms with Crippen LogP contribution in [0, 0.1) is 0 Å². The van der Waals surface area contributed by atoms with Gasteiger partial charge in [0.15, 0.2) is 5.15 Å². The van der Waals surface area contributed by atoms with Crippen molar-refractivity contribution >= 4 is 34.8 Å². The van der Waals surface area contributed by atoms with Gasteiger partial charge in [0.1, 0.15) is 5.69 Å². The quantitative estimate of drug-likeness (QED) is 0.770. The van der Waals surface area contributed by atoms with E-state index in [9.17, 15) is 0 Å². The molecule has 15 heavy (non-hydrogen) atoms. The molecule has 1 heterocycles. The van der Waals surface area contributed by atoms with E-state index in [2.05, 4.69) is 9.97 Å². The van der Waals surface area contributed by atoms with E-state index >= 15 is 0 Å². The lowest BCUT2D eigenvalue weighted by atomic mass is 10.2. The van der Waals surface area contributed by atoms with Crippen molar-refractivity contribution < 1.29 is 0 Å². The Balaban J connectivity index is 2.55. The largest absolute Gasteiger partial charge is 0.251 e. The van der Waals surface area contributed by atoms with Gasteiger partial charge in [-0.05, 0) is 12.1 Å². The molecular formula is C10H5Cl3N2. The second-order valence-electron chi connectivity index (χ2n) is 2.82. The van der Waals surface area contributed by atoms with Crippen molar-refractivity contribution in [3.05, 3.63) is 45.8 Å². The summed E-state index contributed by atoms with van der Waals surface area (Å²) in [6, 6.07) is 5.20. The Morgan fingerprint density at radius 1 is 0.867 bits per heavy atom. The van der Waals surface area contributed by atoms with Crippen LogP contribution in [0.2, 0.25) is 15.2 Å². The average molecular weight is 260 g/mol. The number of nitrogens with zero attached hydrogens (tertiary/aromatic N) is 2. The van der Waals surface area contributed by atoms with Crippen molar-refractivity contribution in [3.8, 4) is 11.3 Å². The maximum absolute atomic E-state index is 5.90. The number of rotatable bonds is 1. The summed E-state index contributed by atoms with van der Waals surface area (Å²) in [6.45, 7) is 0. The summed E-state index contributed by atoms with van der Waals surface area (Å²) in [4.78, 5) is 8.06. The molecule has 0 aliphatic carbocycles. The minimum absolute atomic E-state index is 0.343. The molecule has 0 fully saturated rings. The van der Waals surface area contributed by atoms with E-state index in [1.54, 1.807) is 24.4 Å². The maximum Gasteiger partial charge on any atom is 0.155 e. The van der Waals surface area contributed by atoms with E-state index in [1.165, 1.54) is 6.20 Å². The zero-order valence-corrected chi connectivity index (χ0v) is 9.68. The topological polar surface area (TPSA) is 25.8 Å². The normalized spacial score (nSPS) is 10.3. The van der Waals surface area contributed by atoms with Gasteiger partial charge in [0.25, 0.3) is 0 Å². The van der Waals surface area contributed by atoms with Gasteiger partial charge in [-0.15, -0.1) is 0 Å². The summed E-state index contributed by atoms with van der Waals surface area (Å²) < 4.78 is 0. The van der Waals surface area contributed by atoms with E-state index in [0.717, 1.165) is 5.56 Å². The third-order valence-corrected chi connectivity index (χ3v) is 2.86. The summed E-state index contributed by atoms with van der Waals surface area (Å²) in [5.41, 5.74) is 1.39. The van der Waals surface area contributed by atoms with Gasteiger partial charge >= 0.3 is 0 Å². The molecule has 1 aromatic heterocycles. The lowest BCUT2D eigenvalue weighted by Crippen LogP contribution is -1.87. The molecule has 5 heteroatoms. The molecule has 0 unspecified atom stereocenters. The van der Waals surface area contributed by atoms with E-state index in [0.29, 0.717) is 20.9 Å². The van der Waals surface area contributed by atoms with Gasteiger partial charge in [0.2, 0.25) is 0 Å². The first-order valence-electron chi connectivity index (χ1n) is 4.10. The highest BCUT2D eigenvalue weighted by Gasteiger charge is 2.07. The van der Waals surface area contributed by atoms with Crippen LogP contribution in [0.3, 0.4) is 0 Å². The average Bonchev–Trinajstić information content (AvgIpc) is 2.23. The van der Waals surface area contributed by atoms with Crippen LogP contribution < -0.4 is 0 Å². The third-order valence-electron chi connectivity index (χ3n) is 1.85. The summed E-state index contributed by atoms with van der Waals surface area (Å²) in [6.07, 6.45) is 3.10. The van der Waals surface area contributed by atoms with Crippen molar-refractivity contribution in [3.63, 3.8) is 0 Å². The monoisotopic (exact) mass is 258 g/mol. The van der Waals surface area contributed by atoms with Crippen molar-refractivity contribution in [1.82, 2.24) is 9.97 Å². The number of halogens is 3. The minimum Gasteiger partial charge on any atom is -0.251 e. The van der Waals surface area contributed by atoms with Crippen LogP contribution in [0.5, 0.6) is 0 Å². The maximum atomic E-state index is 5.90. The molecule has 0 aliphatic rings. The lowest BCUT2D eigenvalue weighted by Gasteiger charge is -2.03. The molecule has 0 radical (unpaired) electrons. The Hall–Kier alpha value is -0.830. The van der Waals surface area contributed by atoms with E-state index in [1.807, 2.05) is 0 Å².